The van der Waals surface area contributed by atoms with Gasteiger partial charge in [0.25, 0.3) is 5.91 Å². The van der Waals surface area contributed by atoms with E-state index in [4.69, 9.17) is 6.42 Å². The topological polar surface area (TPSA) is 82.3 Å². The molecule has 1 saturated heterocycles. The van der Waals surface area contributed by atoms with Crippen LogP contribution in [0.15, 0.2) is 59.6 Å². The molecule has 0 spiro atoms. The van der Waals surface area contributed by atoms with Crippen molar-refractivity contribution < 1.29 is 13.2 Å². The van der Waals surface area contributed by atoms with Gasteiger partial charge >= 0.3 is 0 Å². The number of aromatic nitrogens is 1. The average Bonchev–Trinajstić information content (AvgIpc) is 3.22. The normalized spacial score (nSPS) is 15.2. The maximum absolute atomic E-state index is 12.9. The van der Waals surface area contributed by atoms with Gasteiger partial charge in [-0.05, 0) is 54.7 Å². The van der Waals surface area contributed by atoms with E-state index in [1.54, 1.807) is 12.1 Å². The van der Waals surface area contributed by atoms with Gasteiger partial charge in [0.2, 0.25) is 10.0 Å². The van der Waals surface area contributed by atoms with Gasteiger partial charge in [-0.25, -0.2) is 8.42 Å². The van der Waals surface area contributed by atoms with Crippen molar-refractivity contribution in [3.8, 4) is 12.3 Å². The van der Waals surface area contributed by atoms with Crippen LogP contribution in [-0.2, 0) is 10.0 Å². The number of nitrogens with one attached hydrogen (secondary N) is 2. The highest BCUT2D eigenvalue weighted by atomic mass is 32.2. The van der Waals surface area contributed by atoms with Gasteiger partial charge in [0.15, 0.2) is 0 Å². The molecule has 0 aliphatic carbocycles. The molecule has 4 rings (SSSR count). The summed E-state index contributed by atoms with van der Waals surface area (Å²) in [5.41, 5.74) is 2.93. The minimum atomic E-state index is -3.66. The van der Waals surface area contributed by atoms with Crippen molar-refractivity contribution in [3.63, 3.8) is 0 Å². The van der Waals surface area contributed by atoms with Gasteiger partial charge in [0, 0.05) is 35.8 Å². The number of H-pyrrole nitrogens is 1. The van der Waals surface area contributed by atoms with Crippen LogP contribution in [0.3, 0.4) is 0 Å². The lowest BCUT2D eigenvalue weighted by molar-refractivity contribution is 0.0713. The Bertz CT molecular complexity index is 1200. The molecule has 1 aromatic heterocycles. The first kappa shape index (κ1) is 20.2. The number of nitrogens with zero attached hydrogens (tertiary/aromatic N) is 1. The number of terminal acetylenes is 1. The highest BCUT2D eigenvalue weighted by molar-refractivity contribution is 7.89. The number of sulfonamides is 1. The van der Waals surface area contributed by atoms with Crippen molar-refractivity contribution in [2.75, 3.05) is 19.6 Å². The fourth-order valence-corrected chi connectivity index (χ4v) is 4.94. The van der Waals surface area contributed by atoms with Crippen LogP contribution in [0.4, 0.5) is 0 Å². The molecule has 154 valence electrons. The molecule has 0 saturated carbocycles. The van der Waals surface area contributed by atoms with E-state index in [0.717, 1.165) is 18.4 Å². The number of carbonyl (C=O) groups is 1. The number of benzene rings is 2. The number of rotatable bonds is 5. The minimum absolute atomic E-state index is 0.0750. The zero-order valence-electron chi connectivity index (χ0n) is 16.5. The lowest BCUT2D eigenvalue weighted by Gasteiger charge is -2.32. The van der Waals surface area contributed by atoms with Crippen molar-refractivity contribution in [2.24, 2.45) is 0 Å². The molecular weight excluding hydrogens is 398 g/mol. The van der Waals surface area contributed by atoms with Gasteiger partial charge in [0.1, 0.15) is 0 Å². The first-order chi connectivity index (χ1) is 14.5. The first-order valence-corrected chi connectivity index (χ1v) is 11.4. The maximum atomic E-state index is 12.9. The van der Waals surface area contributed by atoms with Crippen molar-refractivity contribution in [1.82, 2.24) is 14.6 Å². The van der Waals surface area contributed by atoms with E-state index in [1.807, 2.05) is 17.0 Å². The molecule has 0 radical (unpaired) electrons. The van der Waals surface area contributed by atoms with Gasteiger partial charge in [0.05, 0.1) is 11.4 Å². The molecule has 1 aliphatic rings. The van der Waals surface area contributed by atoms with Gasteiger partial charge in [-0.15, -0.1) is 6.42 Å². The molecule has 0 bridgehead atoms. The molecule has 2 N–H and O–H groups in total. The summed E-state index contributed by atoms with van der Waals surface area (Å²) in [5, 5.41) is 1.25. The van der Waals surface area contributed by atoms with Crippen LogP contribution in [0, 0.1) is 12.3 Å². The smallest absolute Gasteiger partial charge is 0.253 e. The van der Waals surface area contributed by atoms with Crippen molar-refractivity contribution in [2.45, 2.75) is 23.7 Å². The largest absolute Gasteiger partial charge is 0.361 e. The summed E-state index contributed by atoms with van der Waals surface area (Å²) in [7, 11) is -3.66. The molecule has 0 atom stereocenters. The number of hydrogen-bond acceptors (Lipinski definition) is 3. The van der Waals surface area contributed by atoms with Gasteiger partial charge in [-0.1, -0.05) is 24.1 Å². The minimum Gasteiger partial charge on any atom is -0.361 e. The molecule has 3 aromatic rings. The molecule has 1 aliphatic heterocycles. The summed E-state index contributed by atoms with van der Waals surface area (Å²) >= 11 is 0. The Morgan fingerprint density at radius 3 is 2.53 bits per heavy atom. The van der Waals surface area contributed by atoms with Gasteiger partial charge in [-0.3, -0.25) is 4.79 Å². The summed E-state index contributed by atoms with van der Waals surface area (Å²) in [6.07, 6.45) is 8.98. The lowest BCUT2D eigenvalue weighted by Crippen LogP contribution is -2.37. The molecule has 1 fully saturated rings. The summed E-state index contributed by atoms with van der Waals surface area (Å²) in [5.74, 6) is 2.58. The third kappa shape index (κ3) is 3.97. The summed E-state index contributed by atoms with van der Waals surface area (Å²) in [6.45, 7) is 1.27. The first-order valence-electron chi connectivity index (χ1n) is 9.88. The van der Waals surface area contributed by atoms with E-state index in [2.05, 4.69) is 34.0 Å². The number of fused-ring (bicyclic) bond motifs is 1. The molecule has 2 aromatic carbocycles. The van der Waals surface area contributed by atoms with Crippen molar-refractivity contribution in [1.29, 1.82) is 0 Å². The Labute approximate surface area is 176 Å². The van der Waals surface area contributed by atoms with Crippen LogP contribution in [0.2, 0.25) is 0 Å². The number of aromatic amines is 1. The monoisotopic (exact) mass is 421 g/mol. The highest BCUT2D eigenvalue weighted by Crippen LogP contribution is 2.33. The van der Waals surface area contributed by atoms with E-state index in [1.165, 1.54) is 23.1 Å². The predicted octanol–water partition coefficient (Wildman–Crippen LogP) is 3.10. The number of piperidine rings is 1. The Morgan fingerprint density at radius 1 is 1.13 bits per heavy atom. The van der Waals surface area contributed by atoms with E-state index in [9.17, 15) is 13.2 Å². The van der Waals surface area contributed by atoms with E-state index in [0.29, 0.717) is 24.6 Å². The number of amides is 1. The number of hydrogen-bond donors (Lipinski definition) is 2. The van der Waals surface area contributed by atoms with Crippen LogP contribution in [0.1, 0.15) is 34.7 Å². The Kier molecular flexibility index (Phi) is 5.62. The van der Waals surface area contributed by atoms with E-state index >= 15 is 0 Å². The highest BCUT2D eigenvalue weighted by Gasteiger charge is 2.26. The van der Waals surface area contributed by atoms with Gasteiger partial charge < -0.3 is 9.88 Å². The van der Waals surface area contributed by atoms with Crippen LogP contribution in [-0.4, -0.2) is 43.8 Å². The standard InChI is InChI=1S/C23H23N3O3S/c1-2-13-25-30(28,29)19-9-7-18(8-10-19)23(27)26-14-11-17(12-15-26)21-16-24-22-6-4-3-5-20(21)22/h1,3-10,16-17,24-25H,11-15H2. The fourth-order valence-electron chi connectivity index (χ4n) is 4.00. The van der Waals surface area contributed by atoms with Crippen LogP contribution >= 0.6 is 0 Å². The van der Waals surface area contributed by atoms with E-state index in [-0.39, 0.29) is 17.3 Å². The fraction of sp³-hybridized carbons (Fsp3) is 0.261. The zero-order valence-corrected chi connectivity index (χ0v) is 17.3. The maximum Gasteiger partial charge on any atom is 0.253 e. The van der Waals surface area contributed by atoms with E-state index < -0.39 is 10.0 Å². The average molecular weight is 422 g/mol. The third-order valence-electron chi connectivity index (χ3n) is 5.62. The summed E-state index contributed by atoms with van der Waals surface area (Å²) in [6, 6.07) is 14.2. The SMILES string of the molecule is C#CCNS(=O)(=O)c1ccc(C(=O)N2CCC(c3c[nH]c4ccccc34)CC2)cc1. The zero-order chi connectivity index (χ0) is 21.1. The Morgan fingerprint density at radius 2 is 1.83 bits per heavy atom. The van der Waals surface area contributed by atoms with Crippen molar-refractivity contribution in [3.05, 3.63) is 65.9 Å². The summed E-state index contributed by atoms with van der Waals surface area (Å²) < 4.78 is 26.5. The molecule has 7 heteroatoms. The molecule has 0 unspecified atom stereocenters. The number of likely N-dealkylation sites (tertiary alicyclic amines) is 1. The van der Waals surface area contributed by atoms with Crippen LogP contribution in [0.5, 0.6) is 0 Å². The molecule has 1 amide bonds. The second-order valence-corrected chi connectivity index (χ2v) is 9.18. The number of para-hydroxylation sites is 1. The second kappa shape index (κ2) is 8.34. The Hall–Kier alpha value is -3.08. The molecule has 6 nitrogen and oxygen atoms in total. The van der Waals surface area contributed by atoms with Crippen molar-refractivity contribution >= 4 is 26.8 Å². The van der Waals surface area contributed by atoms with Gasteiger partial charge in [-0.2, -0.15) is 4.72 Å². The quantitative estimate of drug-likeness (QED) is 0.621. The second-order valence-electron chi connectivity index (χ2n) is 7.41. The number of carbonyl (C=O) groups excluding carboxylic acids is 1. The predicted molar refractivity (Wildman–Crippen MR) is 117 cm³/mol. The molecule has 30 heavy (non-hydrogen) atoms. The summed E-state index contributed by atoms with van der Waals surface area (Å²) in [4.78, 5) is 18.1. The van der Waals surface area contributed by atoms with Crippen LogP contribution < -0.4 is 4.72 Å². The lowest BCUT2D eigenvalue weighted by atomic mass is 9.89. The third-order valence-corrected chi connectivity index (χ3v) is 7.04. The molecule has 2 heterocycles. The van der Waals surface area contributed by atoms with Crippen LogP contribution in [0.25, 0.3) is 10.9 Å². The Balaban J connectivity index is 1.41. The molecular formula is C23H23N3O3S.